The molecule has 2 rings (SSSR count). The van der Waals surface area contributed by atoms with Crippen molar-refractivity contribution < 1.29 is 8.42 Å². The maximum absolute atomic E-state index is 12.1. The van der Waals surface area contributed by atoms with Crippen molar-refractivity contribution in [3.8, 4) is 0 Å². The topological polar surface area (TPSA) is 62.3 Å². The molecular formula is C10H13BrClN3O2S. The minimum Gasteiger partial charge on any atom is -0.268 e. The van der Waals surface area contributed by atoms with E-state index >= 15 is 0 Å². The molecule has 0 aromatic carbocycles. The molecule has 100 valence electrons. The van der Waals surface area contributed by atoms with Crippen molar-refractivity contribution in [1.82, 2.24) is 9.29 Å². The van der Waals surface area contributed by atoms with Crippen LogP contribution < -0.4 is 4.72 Å². The first-order valence-corrected chi connectivity index (χ1v) is 8.19. The largest absolute Gasteiger partial charge is 0.301 e. The lowest BCUT2D eigenvalue weighted by molar-refractivity contribution is 0.349. The van der Waals surface area contributed by atoms with Gasteiger partial charge >= 0.3 is 10.2 Å². The van der Waals surface area contributed by atoms with E-state index in [-0.39, 0.29) is 10.8 Å². The van der Waals surface area contributed by atoms with E-state index in [4.69, 9.17) is 11.6 Å². The Kier molecular flexibility index (Phi) is 4.47. The van der Waals surface area contributed by atoms with Crippen molar-refractivity contribution in [3.05, 3.63) is 21.9 Å². The summed E-state index contributed by atoms with van der Waals surface area (Å²) in [5.74, 6) is 0. The Morgan fingerprint density at radius 3 is 2.67 bits per heavy atom. The van der Waals surface area contributed by atoms with E-state index < -0.39 is 10.2 Å². The summed E-state index contributed by atoms with van der Waals surface area (Å²) >= 11 is 9.09. The summed E-state index contributed by atoms with van der Waals surface area (Å²) < 4.78 is 28.8. The van der Waals surface area contributed by atoms with Crippen LogP contribution in [0.15, 0.2) is 16.7 Å². The average molecular weight is 355 g/mol. The highest BCUT2D eigenvalue weighted by atomic mass is 79.9. The van der Waals surface area contributed by atoms with Gasteiger partial charge in [0.2, 0.25) is 0 Å². The van der Waals surface area contributed by atoms with Crippen LogP contribution in [0.3, 0.4) is 0 Å². The number of nitrogens with zero attached hydrogens (tertiary/aromatic N) is 2. The Labute approximate surface area is 120 Å². The number of hydrogen-bond donors (Lipinski definition) is 1. The van der Waals surface area contributed by atoms with E-state index in [1.807, 2.05) is 0 Å². The molecule has 1 aliphatic rings. The molecule has 1 aliphatic heterocycles. The Morgan fingerprint density at radius 2 is 2.00 bits per heavy atom. The van der Waals surface area contributed by atoms with E-state index in [0.29, 0.717) is 17.6 Å². The summed E-state index contributed by atoms with van der Waals surface area (Å²) in [5, 5.41) is 0.138. The predicted octanol–water partition coefficient (Wildman–Crippen LogP) is 2.64. The van der Waals surface area contributed by atoms with Crippen molar-refractivity contribution in [3.63, 3.8) is 0 Å². The summed E-state index contributed by atoms with van der Waals surface area (Å²) in [6.45, 7) is 1.10. The van der Waals surface area contributed by atoms with Gasteiger partial charge in [-0.05, 0) is 34.8 Å². The zero-order valence-corrected chi connectivity index (χ0v) is 12.7. The maximum Gasteiger partial charge on any atom is 0.301 e. The fourth-order valence-electron chi connectivity index (χ4n) is 1.80. The Balaban J connectivity index is 2.18. The molecule has 0 atom stereocenters. The van der Waals surface area contributed by atoms with Crippen LogP contribution in [0.1, 0.15) is 19.3 Å². The normalized spacial score (nSPS) is 17.7. The molecule has 0 amide bonds. The molecule has 0 saturated carbocycles. The minimum absolute atomic E-state index is 0.138. The SMILES string of the molecule is O=S(=O)(Nc1cc(Br)cnc1Cl)N1CCCCC1. The summed E-state index contributed by atoms with van der Waals surface area (Å²) in [7, 11) is -3.54. The second-order valence-corrected chi connectivity index (χ2v) is 7.00. The van der Waals surface area contributed by atoms with E-state index in [9.17, 15) is 8.42 Å². The summed E-state index contributed by atoms with van der Waals surface area (Å²) in [5.41, 5.74) is 0.289. The third-order valence-corrected chi connectivity index (χ3v) is 4.96. The monoisotopic (exact) mass is 353 g/mol. The molecule has 0 spiro atoms. The zero-order chi connectivity index (χ0) is 13.2. The van der Waals surface area contributed by atoms with Gasteiger partial charge in [0.05, 0.1) is 5.69 Å². The van der Waals surface area contributed by atoms with Gasteiger partial charge in [-0.1, -0.05) is 18.0 Å². The molecule has 18 heavy (non-hydrogen) atoms. The molecule has 2 heterocycles. The van der Waals surface area contributed by atoms with Gasteiger partial charge in [0.15, 0.2) is 5.15 Å². The van der Waals surface area contributed by atoms with Crippen LogP contribution in [0, 0.1) is 0 Å². The molecule has 0 aliphatic carbocycles. The molecule has 1 saturated heterocycles. The fraction of sp³-hybridized carbons (Fsp3) is 0.500. The fourth-order valence-corrected chi connectivity index (χ4v) is 3.64. The van der Waals surface area contributed by atoms with Crippen LogP contribution in [0.4, 0.5) is 5.69 Å². The number of piperidine rings is 1. The van der Waals surface area contributed by atoms with Crippen molar-refractivity contribution in [1.29, 1.82) is 0 Å². The molecule has 1 N–H and O–H groups in total. The van der Waals surface area contributed by atoms with Gasteiger partial charge in [-0.2, -0.15) is 12.7 Å². The molecule has 1 aromatic rings. The predicted molar refractivity (Wildman–Crippen MR) is 74.9 cm³/mol. The maximum atomic E-state index is 12.1. The van der Waals surface area contributed by atoms with Crippen LogP contribution >= 0.6 is 27.5 Å². The van der Waals surface area contributed by atoms with Gasteiger partial charge in [0.1, 0.15) is 0 Å². The lowest BCUT2D eigenvalue weighted by Gasteiger charge is -2.26. The lowest BCUT2D eigenvalue weighted by atomic mass is 10.2. The van der Waals surface area contributed by atoms with E-state index in [1.165, 1.54) is 10.5 Å². The van der Waals surface area contributed by atoms with Crippen LogP contribution in [0.25, 0.3) is 0 Å². The Hall–Kier alpha value is -0.370. The van der Waals surface area contributed by atoms with E-state index in [2.05, 4.69) is 25.6 Å². The lowest BCUT2D eigenvalue weighted by Crippen LogP contribution is -2.39. The summed E-state index contributed by atoms with van der Waals surface area (Å²) in [6, 6.07) is 1.59. The number of pyridine rings is 1. The first-order valence-electron chi connectivity index (χ1n) is 5.58. The number of hydrogen-bond acceptors (Lipinski definition) is 3. The third-order valence-electron chi connectivity index (χ3n) is 2.70. The molecule has 8 heteroatoms. The van der Waals surface area contributed by atoms with Gasteiger partial charge in [-0.25, -0.2) is 4.98 Å². The van der Waals surface area contributed by atoms with Crippen LogP contribution in [0.5, 0.6) is 0 Å². The number of anilines is 1. The third kappa shape index (κ3) is 3.34. The molecule has 0 unspecified atom stereocenters. The van der Waals surface area contributed by atoms with Gasteiger partial charge in [0, 0.05) is 23.8 Å². The molecule has 0 bridgehead atoms. The number of aromatic nitrogens is 1. The smallest absolute Gasteiger partial charge is 0.268 e. The van der Waals surface area contributed by atoms with E-state index in [1.54, 1.807) is 6.07 Å². The van der Waals surface area contributed by atoms with Gasteiger partial charge in [-0.15, -0.1) is 0 Å². The van der Waals surface area contributed by atoms with Crippen molar-refractivity contribution >= 4 is 43.4 Å². The highest BCUT2D eigenvalue weighted by molar-refractivity contribution is 9.10. The Morgan fingerprint density at radius 1 is 1.33 bits per heavy atom. The molecular weight excluding hydrogens is 342 g/mol. The van der Waals surface area contributed by atoms with Crippen molar-refractivity contribution in [2.75, 3.05) is 17.8 Å². The average Bonchev–Trinajstić information content (AvgIpc) is 2.35. The van der Waals surface area contributed by atoms with Crippen LogP contribution in [-0.4, -0.2) is 30.8 Å². The number of nitrogens with one attached hydrogen (secondary N) is 1. The second-order valence-electron chi connectivity index (χ2n) is 4.06. The summed E-state index contributed by atoms with van der Waals surface area (Å²) in [6.07, 6.45) is 4.38. The molecule has 1 aromatic heterocycles. The van der Waals surface area contributed by atoms with Crippen molar-refractivity contribution in [2.24, 2.45) is 0 Å². The molecule has 5 nitrogen and oxygen atoms in total. The van der Waals surface area contributed by atoms with Gasteiger partial charge in [-0.3, -0.25) is 4.72 Å². The number of halogens is 2. The molecule has 0 radical (unpaired) electrons. The number of rotatable bonds is 3. The van der Waals surface area contributed by atoms with Crippen molar-refractivity contribution in [2.45, 2.75) is 19.3 Å². The second kappa shape index (κ2) is 5.73. The first kappa shape index (κ1) is 14.0. The quantitative estimate of drug-likeness (QED) is 0.849. The summed E-state index contributed by atoms with van der Waals surface area (Å²) in [4.78, 5) is 3.88. The highest BCUT2D eigenvalue weighted by Gasteiger charge is 2.24. The first-order chi connectivity index (χ1) is 8.49. The van der Waals surface area contributed by atoms with E-state index in [0.717, 1.165) is 19.3 Å². The highest BCUT2D eigenvalue weighted by Crippen LogP contribution is 2.25. The minimum atomic E-state index is -3.54. The van der Waals surface area contributed by atoms with Crippen LogP contribution in [-0.2, 0) is 10.2 Å². The Bertz CT molecular complexity index is 532. The standard InChI is InChI=1S/C10H13BrClN3O2S/c11-8-6-9(10(12)13-7-8)14-18(16,17)15-4-2-1-3-5-15/h6-7,14H,1-5H2. The molecule has 1 fully saturated rings. The zero-order valence-electron chi connectivity index (χ0n) is 9.57. The van der Waals surface area contributed by atoms with Gasteiger partial charge < -0.3 is 0 Å². The van der Waals surface area contributed by atoms with Gasteiger partial charge in [0.25, 0.3) is 0 Å². The van der Waals surface area contributed by atoms with Crippen LogP contribution in [0.2, 0.25) is 5.15 Å².